The Bertz CT molecular complexity index is 1300. The molecule has 31 heavy (non-hydrogen) atoms. The van der Waals surface area contributed by atoms with E-state index in [4.69, 9.17) is 0 Å². The number of aryl methyl sites for hydroxylation is 3. The van der Waals surface area contributed by atoms with Crippen LogP contribution in [0, 0.1) is 13.8 Å². The van der Waals surface area contributed by atoms with Gasteiger partial charge in [-0.15, -0.1) is 0 Å². The third-order valence-electron chi connectivity index (χ3n) is 5.39. The van der Waals surface area contributed by atoms with Crippen LogP contribution in [0.25, 0.3) is 16.7 Å². The molecule has 0 unspecified atom stereocenters. The van der Waals surface area contributed by atoms with Crippen LogP contribution in [0.3, 0.4) is 0 Å². The highest BCUT2D eigenvalue weighted by molar-refractivity contribution is 5.91. The molecule has 158 valence electrons. The van der Waals surface area contributed by atoms with Crippen molar-refractivity contribution in [3.63, 3.8) is 0 Å². The van der Waals surface area contributed by atoms with Crippen molar-refractivity contribution in [3.8, 4) is 5.69 Å². The van der Waals surface area contributed by atoms with Gasteiger partial charge in [0.05, 0.1) is 11.9 Å². The Kier molecular flexibility index (Phi) is 5.66. The van der Waals surface area contributed by atoms with Crippen LogP contribution in [0.4, 0.5) is 5.69 Å². The van der Waals surface area contributed by atoms with Crippen LogP contribution in [0.5, 0.6) is 0 Å². The molecular formula is C24H25N5O2. The van der Waals surface area contributed by atoms with Gasteiger partial charge in [-0.2, -0.15) is 5.10 Å². The number of hydrogen-bond acceptors (Lipinski definition) is 4. The Morgan fingerprint density at radius 2 is 1.81 bits per heavy atom. The Morgan fingerprint density at radius 1 is 1.06 bits per heavy atom. The molecule has 7 nitrogen and oxygen atoms in total. The molecule has 0 aliphatic rings. The molecule has 4 rings (SSSR count). The van der Waals surface area contributed by atoms with Gasteiger partial charge in [0, 0.05) is 18.7 Å². The Labute approximate surface area is 180 Å². The molecule has 0 bridgehead atoms. The summed E-state index contributed by atoms with van der Waals surface area (Å²) in [5.74, 6) is 0.413. The number of anilines is 1. The summed E-state index contributed by atoms with van der Waals surface area (Å²) in [6.45, 7) is 6.09. The average Bonchev–Trinajstić information content (AvgIpc) is 3.18. The Balaban J connectivity index is 1.57. The van der Waals surface area contributed by atoms with Crippen molar-refractivity contribution in [3.05, 3.63) is 82.0 Å². The standard InChI is InChI=1S/C24H25N5O2/c1-4-18-7-5-6-8-21(18)27-22(30)13-14-28-17(3)26-23-20(24(28)31)15-25-29(23)19-11-9-16(2)10-12-19/h5-12,15H,4,13-14H2,1-3H3,(H,27,30). The highest BCUT2D eigenvalue weighted by Gasteiger charge is 2.15. The van der Waals surface area contributed by atoms with Gasteiger partial charge in [0.1, 0.15) is 11.2 Å². The second kappa shape index (κ2) is 8.55. The van der Waals surface area contributed by atoms with Crippen molar-refractivity contribution in [2.24, 2.45) is 0 Å². The van der Waals surface area contributed by atoms with Gasteiger partial charge >= 0.3 is 0 Å². The largest absolute Gasteiger partial charge is 0.326 e. The van der Waals surface area contributed by atoms with Crippen LogP contribution in [-0.2, 0) is 17.8 Å². The summed E-state index contributed by atoms with van der Waals surface area (Å²) < 4.78 is 3.21. The van der Waals surface area contributed by atoms with E-state index >= 15 is 0 Å². The van der Waals surface area contributed by atoms with E-state index in [1.54, 1.807) is 11.6 Å². The molecule has 0 atom stereocenters. The number of nitrogens with one attached hydrogen (secondary N) is 1. The minimum Gasteiger partial charge on any atom is -0.326 e. The molecule has 1 N–H and O–H groups in total. The maximum Gasteiger partial charge on any atom is 0.264 e. The molecule has 0 aliphatic carbocycles. The van der Waals surface area contributed by atoms with Gasteiger partial charge in [-0.1, -0.05) is 42.8 Å². The fraction of sp³-hybridized carbons (Fsp3) is 0.250. The van der Waals surface area contributed by atoms with E-state index in [1.807, 2.05) is 62.4 Å². The second-order valence-corrected chi connectivity index (χ2v) is 7.55. The van der Waals surface area contributed by atoms with Crippen LogP contribution < -0.4 is 10.9 Å². The quantitative estimate of drug-likeness (QED) is 0.519. The highest BCUT2D eigenvalue weighted by Crippen LogP contribution is 2.17. The van der Waals surface area contributed by atoms with Gasteiger partial charge in [-0.3, -0.25) is 14.2 Å². The SMILES string of the molecule is CCc1ccccc1NC(=O)CCn1c(C)nc2c(cnn2-c2ccc(C)cc2)c1=O. The number of amides is 1. The predicted molar refractivity (Wildman–Crippen MR) is 122 cm³/mol. The lowest BCUT2D eigenvalue weighted by Crippen LogP contribution is -2.26. The van der Waals surface area contributed by atoms with Crippen LogP contribution in [0.15, 0.2) is 59.5 Å². The molecule has 2 aromatic heterocycles. The van der Waals surface area contributed by atoms with Gasteiger partial charge in [0.2, 0.25) is 5.91 Å². The summed E-state index contributed by atoms with van der Waals surface area (Å²) in [4.78, 5) is 30.2. The zero-order valence-corrected chi connectivity index (χ0v) is 17.9. The van der Waals surface area contributed by atoms with E-state index in [-0.39, 0.29) is 24.4 Å². The minimum absolute atomic E-state index is 0.136. The third-order valence-corrected chi connectivity index (χ3v) is 5.39. The Morgan fingerprint density at radius 3 is 2.55 bits per heavy atom. The molecule has 0 aliphatic heterocycles. The summed E-state index contributed by atoms with van der Waals surface area (Å²) in [6.07, 6.45) is 2.55. The second-order valence-electron chi connectivity index (χ2n) is 7.55. The smallest absolute Gasteiger partial charge is 0.264 e. The summed E-state index contributed by atoms with van der Waals surface area (Å²) >= 11 is 0. The first-order valence-corrected chi connectivity index (χ1v) is 10.4. The number of para-hydroxylation sites is 1. The van der Waals surface area contributed by atoms with E-state index in [0.29, 0.717) is 16.9 Å². The molecule has 1 amide bonds. The Hall–Kier alpha value is -3.74. The fourth-order valence-corrected chi connectivity index (χ4v) is 3.62. The average molecular weight is 415 g/mol. The summed E-state index contributed by atoms with van der Waals surface area (Å²) in [6, 6.07) is 15.6. The van der Waals surface area contributed by atoms with Gasteiger partial charge in [0.25, 0.3) is 5.56 Å². The minimum atomic E-state index is -0.192. The molecule has 0 spiro atoms. The topological polar surface area (TPSA) is 81.8 Å². The summed E-state index contributed by atoms with van der Waals surface area (Å²) in [5, 5.41) is 7.75. The molecule has 0 saturated heterocycles. The number of nitrogens with zero attached hydrogens (tertiary/aromatic N) is 4. The van der Waals surface area contributed by atoms with Crippen molar-refractivity contribution >= 4 is 22.6 Å². The van der Waals surface area contributed by atoms with Crippen molar-refractivity contribution < 1.29 is 4.79 Å². The fourth-order valence-electron chi connectivity index (χ4n) is 3.62. The summed E-state index contributed by atoms with van der Waals surface area (Å²) in [5.41, 5.74) is 4.21. The van der Waals surface area contributed by atoms with Crippen LogP contribution >= 0.6 is 0 Å². The van der Waals surface area contributed by atoms with Crippen molar-refractivity contribution in [1.29, 1.82) is 0 Å². The van der Waals surface area contributed by atoms with E-state index in [9.17, 15) is 9.59 Å². The van der Waals surface area contributed by atoms with Crippen molar-refractivity contribution in [1.82, 2.24) is 19.3 Å². The number of fused-ring (bicyclic) bond motifs is 1. The summed E-state index contributed by atoms with van der Waals surface area (Å²) in [7, 11) is 0. The molecule has 4 aromatic rings. The zero-order chi connectivity index (χ0) is 22.0. The zero-order valence-electron chi connectivity index (χ0n) is 17.9. The number of aromatic nitrogens is 4. The normalized spacial score (nSPS) is 11.1. The van der Waals surface area contributed by atoms with Crippen LogP contribution in [0.1, 0.15) is 30.3 Å². The van der Waals surface area contributed by atoms with Crippen molar-refractivity contribution in [2.75, 3.05) is 5.32 Å². The van der Waals surface area contributed by atoms with E-state index in [2.05, 4.69) is 15.4 Å². The lowest BCUT2D eigenvalue weighted by Gasteiger charge is -2.12. The number of carbonyl (C=O) groups excluding carboxylic acids is 1. The molecule has 0 radical (unpaired) electrons. The van der Waals surface area contributed by atoms with Crippen LogP contribution in [0.2, 0.25) is 0 Å². The van der Waals surface area contributed by atoms with Crippen molar-refractivity contribution in [2.45, 2.75) is 40.2 Å². The maximum absolute atomic E-state index is 13.1. The molecule has 2 heterocycles. The molecule has 2 aromatic carbocycles. The highest BCUT2D eigenvalue weighted by atomic mass is 16.2. The number of hydrogen-bond donors (Lipinski definition) is 1. The van der Waals surface area contributed by atoms with E-state index in [1.165, 1.54) is 10.8 Å². The first kappa shape index (κ1) is 20.5. The molecule has 0 saturated carbocycles. The lowest BCUT2D eigenvalue weighted by atomic mass is 10.1. The van der Waals surface area contributed by atoms with Gasteiger partial charge in [-0.25, -0.2) is 9.67 Å². The molecular weight excluding hydrogens is 390 g/mol. The lowest BCUT2D eigenvalue weighted by molar-refractivity contribution is -0.116. The van der Waals surface area contributed by atoms with Crippen LogP contribution in [-0.4, -0.2) is 25.2 Å². The molecule has 7 heteroatoms. The van der Waals surface area contributed by atoms with Gasteiger partial charge in [-0.05, 0) is 44.0 Å². The number of carbonyl (C=O) groups is 1. The number of rotatable bonds is 6. The number of benzene rings is 2. The first-order chi connectivity index (χ1) is 15.0. The third kappa shape index (κ3) is 4.12. The maximum atomic E-state index is 13.1. The first-order valence-electron chi connectivity index (χ1n) is 10.4. The van der Waals surface area contributed by atoms with E-state index in [0.717, 1.165) is 28.9 Å². The van der Waals surface area contributed by atoms with Gasteiger partial charge in [0.15, 0.2) is 5.65 Å². The van der Waals surface area contributed by atoms with E-state index < -0.39 is 0 Å². The monoisotopic (exact) mass is 415 g/mol. The predicted octanol–water partition coefficient (Wildman–Crippen LogP) is 3.79. The van der Waals surface area contributed by atoms with Gasteiger partial charge < -0.3 is 5.32 Å². The molecule has 0 fully saturated rings.